The zero-order valence-corrected chi connectivity index (χ0v) is 22.6. The molecule has 0 saturated carbocycles. The summed E-state index contributed by atoms with van der Waals surface area (Å²) in [5, 5.41) is 0.635. The summed E-state index contributed by atoms with van der Waals surface area (Å²) >= 11 is 0. The highest BCUT2D eigenvalue weighted by Crippen LogP contribution is 2.42. The summed E-state index contributed by atoms with van der Waals surface area (Å²) in [5.41, 5.74) is 3.62. The molecule has 0 saturated heterocycles. The maximum atomic E-state index is 14.6. The van der Waals surface area contributed by atoms with E-state index >= 15 is 0 Å². The fraction of sp³-hybridized carbons (Fsp3) is 0.143. The number of ether oxygens (including phenoxy) is 1. The summed E-state index contributed by atoms with van der Waals surface area (Å²) in [5.74, 6) is -0.921. The van der Waals surface area contributed by atoms with Crippen LogP contribution in [0.25, 0.3) is 10.9 Å². The van der Waals surface area contributed by atoms with Crippen molar-refractivity contribution < 1.29 is 19.1 Å². The van der Waals surface area contributed by atoms with Crippen molar-refractivity contribution in [2.75, 3.05) is 11.5 Å². The maximum Gasteiger partial charge on any atom is 0.266 e. The number of rotatable bonds is 4. The number of Topliss-reactive ketones (excluding diaryl/α,β-unsaturated/α-hetero) is 1. The minimum atomic E-state index is -0.567. The molecule has 1 aliphatic rings. The molecule has 4 aromatic carbocycles. The van der Waals surface area contributed by atoms with Gasteiger partial charge in [0.2, 0.25) is 0 Å². The second-order valence-corrected chi connectivity index (χ2v) is 9.95. The lowest BCUT2D eigenvalue weighted by molar-refractivity contribution is 0.0887. The number of nitrogens with zero attached hydrogens (tertiary/aromatic N) is 2. The van der Waals surface area contributed by atoms with Crippen LogP contribution in [0.3, 0.4) is 0 Å². The number of benzene rings is 4. The van der Waals surface area contributed by atoms with Gasteiger partial charge in [-0.1, -0.05) is 79.7 Å². The quantitative estimate of drug-likeness (QED) is 0.225. The van der Waals surface area contributed by atoms with E-state index < -0.39 is 11.8 Å². The van der Waals surface area contributed by atoms with E-state index in [-0.39, 0.29) is 35.9 Å². The lowest BCUT2D eigenvalue weighted by Gasteiger charge is -2.29. The van der Waals surface area contributed by atoms with E-state index in [2.05, 4.69) is 11.9 Å². The Balaban J connectivity index is 1.65. The highest BCUT2D eigenvalue weighted by Gasteiger charge is 2.34. The molecule has 0 aliphatic carbocycles. The van der Waals surface area contributed by atoms with Crippen LogP contribution in [-0.4, -0.2) is 29.2 Å². The number of para-hydroxylation sites is 1. The summed E-state index contributed by atoms with van der Waals surface area (Å²) in [6, 6.07) is 31.1. The van der Waals surface area contributed by atoms with E-state index in [1.165, 1.54) is 4.90 Å². The molecule has 0 unspecified atom stereocenters. The summed E-state index contributed by atoms with van der Waals surface area (Å²) in [6.07, 6.45) is 2.36. The number of fused-ring (bicyclic) bond motifs is 4. The van der Waals surface area contributed by atoms with Gasteiger partial charge in [-0.2, -0.15) is 0 Å². The third-order valence-corrected chi connectivity index (χ3v) is 7.57. The Morgan fingerprint density at radius 2 is 1.59 bits per heavy atom. The zero-order chi connectivity index (χ0) is 28.3. The van der Waals surface area contributed by atoms with Gasteiger partial charge in [0.1, 0.15) is 5.75 Å². The number of amides is 2. The maximum absolute atomic E-state index is 14.6. The second-order valence-electron chi connectivity index (χ2n) is 9.95. The van der Waals surface area contributed by atoms with Crippen molar-refractivity contribution in [2.45, 2.75) is 25.7 Å². The largest absolute Gasteiger partial charge is 0.493 e. The Hall–Kier alpha value is -5.10. The summed E-state index contributed by atoms with van der Waals surface area (Å²) in [4.78, 5) is 48.1. The smallest absolute Gasteiger partial charge is 0.266 e. The fourth-order valence-corrected chi connectivity index (χ4v) is 5.63. The van der Waals surface area contributed by atoms with Gasteiger partial charge in [-0.25, -0.2) is 4.90 Å². The first kappa shape index (κ1) is 26.1. The van der Waals surface area contributed by atoms with Crippen LogP contribution in [0.4, 0.5) is 5.69 Å². The number of anilines is 1. The summed E-state index contributed by atoms with van der Waals surface area (Å²) in [7, 11) is 0. The number of ketones is 1. The van der Waals surface area contributed by atoms with Gasteiger partial charge in [-0.3, -0.25) is 19.4 Å². The Kier molecular flexibility index (Phi) is 7.13. The van der Waals surface area contributed by atoms with Gasteiger partial charge in [-0.15, -0.1) is 0 Å². The molecule has 2 bridgehead atoms. The van der Waals surface area contributed by atoms with Crippen LogP contribution < -0.4 is 9.64 Å². The number of hydrogen-bond donors (Lipinski definition) is 0. The molecule has 0 fully saturated rings. The Morgan fingerprint density at radius 3 is 2.39 bits per heavy atom. The van der Waals surface area contributed by atoms with Crippen molar-refractivity contribution in [1.82, 2.24) is 4.98 Å². The molecule has 6 rings (SSSR count). The van der Waals surface area contributed by atoms with Gasteiger partial charge in [0.25, 0.3) is 11.8 Å². The van der Waals surface area contributed by atoms with Crippen LogP contribution >= 0.6 is 0 Å². The minimum Gasteiger partial charge on any atom is -0.493 e. The van der Waals surface area contributed by atoms with Crippen LogP contribution in [0.15, 0.2) is 109 Å². The van der Waals surface area contributed by atoms with Crippen molar-refractivity contribution in [3.8, 4) is 5.75 Å². The molecule has 41 heavy (non-hydrogen) atoms. The Labute approximate surface area is 238 Å². The molecule has 5 aromatic rings. The van der Waals surface area contributed by atoms with Gasteiger partial charge in [0, 0.05) is 35.0 Å². The first-order valence-corrected chi connectivity index (χ1v) is 13.7. The SMILES string of the molecule is CC[C@@H](c1ccccc1)c1c2cccc1N(C(=O)c1ccnc3ccccc13)C(=O)c1ccccc1C(=O)CCO2. The van der Waals surface area contributed by atoms with E-state index in [0.717, 1.165) is 11.1 Å². The van der Waals surface area contributed by atoms with Crippen LogP contribution in [0.2, 0.25) is 0 Å². The molecule has 0 radical (unpaired) electrons. The van der Waals surface area contributed by atoms with Gasteiger partial charge in [-0.05, 0) is 42.3 Å². The lowest BCUT2D eigenvalue weighted by Crippen LogP contribution is -2.39. The molecule has 0 spiro atoms. The second kappa shape index (κ2) is 11.2. The molecule has 202 valence electrons. The summed E-state index contributed by atoms with van der Waals surface area (Å²) in [6.45, 7) is 2.21. The first-order valence-electron chi connectivity index (χ1n) is 13.7. The number of carbonyl (C=O) groups excluding carboxylic acids is 3. The predicted octanol–water partition coefficient (Wildman–Crippen LogP) is 7.23. The van der Waals surface area contributed by atoms with Crippen molar-refractivity contribution in [3.63, 3.8) is 0 Å². The minimum absolute atomic E-state index is 0.0963. The molecule has 2 amide bonds. The number of aromatic nitrogens is 1. The number of imide groups is 1. The molecule has 2 heterocycles. The van der Waals surface area contributed by atoms with E-state index in [0.29, 0.717) is 34.3 Å². The first-order chi connectivity index (χ1) is 20.1. The monoisotopic (exact) mass is 540 g/mol. The molecule has 6 heteroatoms. The fourth-order valence-electron chi connectivity index (χ4n) is 5.63. The van der Waals surface area contributed by atoms with E-state index in [1.807, 2.05) is 60.7 Å². The number of pyridine rings is 1. The molecular formula is C35H28N2O4. The van der Waals surface area contributed by atoms with E-state index in [4.69, 9.17) is 4.74 Å². The van der Waals surface area contributed by atoms with Crippen molar-refractivity contribution >= 4 is 34.2 Å². The highest BCUT2D eigenvalue weighted by atomic mass is 16.5. The average molecular weight is 541 g/mol. The molecule has 0 N–H and O–H groups in total. The van der Waals surface area contributed by atoms with Gasteiger partial charge < -0.3 is 4.74 Å². The number of hydrogen-bond acceptors (Lipinski definition) is 5. The predicted molar refractivity (Wildman–Crippen MR) is 159 cm³/mol. The third-order valence-electron chi connectivity index (χ3n) is 7.57. The molecule has 1 atom stereocenters. The number of carbonyl (C=O) groups is 3. The van der Waals surface area contributed by atoms with Crippen molar-refractivity contribution in [1.29, 1.82) is 0 Å². The van der Waals surface area contributed by atoms with E-state index in [9.17, 15) is 14.4 Å². The van der Waals surface area contributed by atoms with Gasteiger partial charge >= 0.3 is 0 Å². The third kappa shape index (κ3) is 4.78. The van der Waals surface area contributed by atoms with E-state index in [1.54, 1.807) is 48.7 Å². The Morgan fingerprint density at radius 1 is 0.854 bits per heavy atom. The molecule has 1 aliphatic heterocycles. The molecule has 6 nitrogen and oxygen atoms in total. The van der Waals surface area contributed by atoms with Gasteiger partial charge in [0.15, 0.2) is 5.78 Å². The topological polar surface area (TPSA) is 76.6 Å². The molecular weight excluding hydrogens is 512 g/mol. The molecule has 1 aromatic heterocycles. The van der Waals surface area contributed by atoms with Crippen molar-refractivity contribution in [2.24, 2.45) is 0 Å². The van der Waals surface area contributed by atoms with Crippen LogP contribution in [0.1, 0.15) is 67.9 Å². The van der Waals surface area contributed by atoms with Crippen LogP contribution in [-0.2, 0) is 0 Å². The summed E-state index contributed by atoms with van der Waals surface area (Å²) < 4.78 is 6.26. The van der Waals surface area contributed by atoms with Crippen molar-refractivity contribution in [3.05, 3.63) is 137 Å². The average Bonchev–Trinajstić information content (AvgIpc) is 3.02. The highest BCUT2D eigenvalue weighted by molar-refractivity contribution is 6.30. The van der Waals surface area contributed by atoms with Crippen LogP contribution in [0.5, 0.6) is 5.75 Å². The lowest BCUT2D eigenvalue weighted by atomic mass is 9.86. The normalized spacial score (nSPS) is 14.1. The van der Waals surface area contributed by atoms with Crippen LogP contribution in [0, 0.1) is 0 Å². The zero-order valence-electron chi connectivity index (χ0n) is 22.6. The standard InChI is InChI=1S/C35H28N2O4/c1-2-24(23-11-4-3-5-12-23)33-30-17-10-18-32(33)41-22-20-31(38)26-14-6-7-15-27(26)34(39)37(30)35(40)28-19-21-36-29-16-9-8-13-25(28)29/h3-19,21,24H,2,20,22H2,1H3/t24-/m0/s1. The van der Waals surface area contributed by atoms with Gasteiger partial charge in [0.05, 0.1) is 28.9 Å². The Bertz CT molecular complexity index is 1780.